The predicted octanol–water partition coefficient (Wildman–Crippen LogP) is 2.10. The average molecular weight is 217 g/mol. The van der Waals surface area contributed by atoms with Crippen LogP contribution in [0.2, 0.25) is 0 Å². The molecule has 0 amide bonds. The molecule has 0 heterocycles. The second-order valence-corrected chi connectivity index (χ2v) is 3.94. The Hall–Kier alpha value is -1.61. The van der Waals surface area contributed by atoms with Crippen molar-refractivity contribution in [2.75, 3.05) is 5.32 Å². The predicted molar refractivity (Wildman–Crippen MR) is 63.0 cm³/mol. The number of hydrogen-bond donors (Lipinski definition) is 2. The molecular formula is C13H15NO2. The third-order valence-corrected chi connectivity index (χ3v) is 2.73. The molecular weight excluding hydrogens is 202 g/mol. The zero-order valence-corrected chi connectivity index (χ0v) is 9.02. The molecule has 3 nitrogen and oxygen atoms in total. The van der Waals surface area contributed by atoms with E-state index >= 15 is 0 Å². The smallest absolute Gasteiger partial charge is 0.162 e. The minimum absolute atomic E-state index is 0.0437. The fourth-order valence-corrected chi connectivity index (χ4v) is 1.81. The van der Waals surface area contributed by atoms with Gasteiger partial charge in [-0.2, -0.15) is 0 Å². The molecule has 0 radical (unpaired) electrons. The van der Waals surface area contributed by atoms with Crippen molar-refractivity contribution in [2.24, 2.45) is 0 Å². The van der Waals surface area contributed by atoms with E-state index in [2.05, 4.69) is 5.32 Å². The van der Waals surface area contributed by atoms with E-state index < -0.39 is 6.10 Å². The number of nitrogens with one attached hydrogen (secondary N) is 1. The van der Waals surface area contributed by atoms with Gasteiger partial charge in [-0.3, -0.25) is 4.79 Å². The standard InChI is InChI=1S/C13H15NO2/c15-12-7-4-8-13(16)11(12)9-14-10-5-2-1-3-6-10/h1-3,5-6,9,12,14-15H,4,7-8H2/b11-9+. The summed E-state index contributed by atoms with van der Waals surface area (Å²) >= 11 is 0. The van der Waals surface area contributed by atoms with E-state index in [0.717, 1.165) is 12.1 Å². The average Bonchev–Trinajstić information content (AvgIpc) is 2.30. The van der Waals surface area contributed by atoms with Crippen molar-refractivity contribution in [1.82, 2.24) is 0 Å². The van der Waals surface area contributed by atoms with Gasteiger partial charge in [-0.25, -0.2) is 0 Å². The number of anilines is 1. The van der Waals surface area contributed by atoms with Crippen LogP contribution in [-0.4, -0.2) is 17.0 Å². The van der Waals surface area contributed by atoms with Gasteiger partial charge in [-0.1, -0.05) is 18.2 Å². The molecule has 3 heteroatoms. The monoisotopic (exact) mass is 217 g/mol. The van der Waals surface area contributed by atoms with Crippen molar-refractivity contribution in [1.29, 1.82) is 0 Å². The normalized spacial score (nSPS) is 23.4. The Morgan fingerprint density at radius 2 is 2.06 bits per heavy atom. The van der Waals surface area contributed by atoms with Gasteiger partial charge in [0.25, 0.3) is 0 Å². The summed E-state index contributed by atoms with van der Waals surface area (Å²) in [5, 5.41) is 12.7. The maximum absolute atomic E-state index is 11.6. The van der Waals surface area contributed by atoms with Gasteiger partial charge >= 0.3 is 0 Å². The lowest BCUT2D eigenvalue weighted by atomic mass is 9.91. The topological polar surface area (TPSA) is 49.3 Å². The number of benzene rings is 1. The van der Waals surface area contributed by atoms with Gasteiger partial charge in [0.05, 0.1) is 6.10 Å². The first kappa shape index (κ1) is 10.9. The molecule has 1 atom stereocenters. The Morgan fingerprint density at radius 1 is 1.31 bits per heavy atom. The number of hydrogen-bond acceptors (Lipinski definition) is 3. The number of ketones is 1. The van der Waals surface area contributed by atoms with Crippen LogP contribution in [0.3, 0.4) is 0 Å². The number of para-hydroxylation sites is 1. The van der Waals surface area contributed by atoms with Crippen LogP contribution in [0.1, 0.15) is 19.3 Å². The second kappa shape index (κ2) is 4.94. The Balaban J connectivity index is 2.08. The molecule has 1 saturated carbocycles. The highest BCUT2D eigenvalue weighted by Gasteiger charge is 2.23. The molecule has 1 aromatic carbocycles. The molecule has 1 unspecified atom stereocenters. The van der Waals surface area contributed by atoms with Crippen molar-refractivity contribution in [2.45, 2.75) is 25.4 Å². The van der Waals surface area contributed by atoms with E-state index in [9.17, 15) is 9.90 Å². The molecule has 1 fully saturated rings. The van der Waals surface area contributed by atoms with Gasteiger partial charge in [0, 0.05) is 23.9 Å². The molecule has 1 aliphatic carbocycles. The molecule has 0 aromatic heterocycles. The molecule has 1 aliphatic rings. The first-order chi connectivity index (χ1) is 7.77. The van der Waals surface area contributed by atoms with Crippen LogP contribution in [0.15, 0.2) is 42.1 Å². The highest BCUT2D eigenvalue weighted by atomic mass is 16.3. The summed E-state index contributed by atoms with van der Waals surface area (Å²) in [5.74, 6) is 0.0437. The largest absolute Gasteiger partial charge is 0.388 e. The molecule has 0 aliphatic heterocycles. The lowest BCUT2D eigenvalue weighted by molar-refractivity contribution is -0.117. The highest BCUT2D eigenvalue weighted by Crippen LogP contribution is 2.20. The summed E-state index contributed by atoms with van der Waals surface area (Å²) in [7, 11) is 0. The van der Waals surface area contributed by atoms with Crippen molar-refractivity contribution in [3.8, 4) is 0 Å². The lowest BCUT2D eigenvalue weighted by Crippen LogP contribution is -2.24. The maximum atomic E-state index is 11.6. The van der Waals surface area contributed by atoms with Gasteiger partial charge in [-0.05, 0) is 25.0 Å². The molecule has 1 aromatic rings. The third kappa shape index (κ3) is 2.49. The number of Topliss-reactive ketones (excluding diaryl/α,β-unsaturated/α-hetero) is 1. The summed E-state index contributed by atoms with van der Waals surface area (Å²) in [6.45, 7) is 0. The van der Waals surface area contributed by atoms with E-state index in [1.165, 1.54) is 0 Å². The van der Waals surface area contributed by atoms with E-state index in [-0.39, 0.29) is 5.78 Å². The number of carbonyl (C=O) groups excluding carboxylic acids is 1. The first-order valence-electron chi connectivity index (χ1n) is 5.50. The van der Waals surface area contributed by atoms with Crippen LogP contribution in [0.4, 0.5) is 5.69 Å². The zero-order chi connectivity index (χ0) is 11.4. The summed E-state index contributed by atoms with van der Waals surface area (Å²) in [4.78, 5) is 11.6. The SMILES string of the molecule is O=C1CCCC(O)/C1=C\Nc1ccccc1. The van der Waals surface area contributed by atoms with E-state index in [0.29, 0.717) is 18.4 Å². The molecule has 0 spiro atoms. The molecule has 0 bridgehead atoms. The fraction of sp³-hybridized carbons (Fsp3) is 0.308. The quantitative estimate of drug-likeness (QED) is 0.746. The first-order valence-corrected chi connectivity index (χ1v) is 5.50. The fourth-order valence-electron chi connectivity index (χ4n) is 1.81. The van der Waals surface area contributed by atoms with Crippen LogP contribution in [0.25, 0.3) is 0 Å². The van der Waals surface area contributed by atoms with Crippen LogP contribution in [0, 0.1) is 0 Å². The molecule has 2 N–H and O–H groups in total. The summed E-state index contributed by atoms with van der Waals surface area (Å²) in [6.07, 6.45) is 3.01. The van der Waals surface area contributed by atoms with Gasteiger partial charge < -0.3 is 10.4 Å². The highest BCUT2D eigenvalue weighted by molar-refractivity contribution is 5.97. The van der Waals surface area contributed by atoms with Crippen molar-refractivity contribution >= 4 is 11.5 Å². The molecule has 16 heavy (non-hydrogen) atoms. The number of carbonyl (C=O) groups is 1. The summed E-state index contributed by atoms with van der Waals surface area (Å²) in [5.41, 5.74) is 1.41. The Kier molecular flexibility index (Phi) is 3.37. The van der Waals surface area contributed by atoms with Crippen molar-refractivity contribution in [3.05, 3.63) is 42.1 Å². The van der Waals surface area contributed by atoms with E-state index in [4.69, 9.17) is 0 Å². The van der Waals surface area contributed by atoms with Crippen LogP contribution in [-0.2, 0) is 4.79 Å². The molecule has 2 rings (SSSR count). The summed E-state index contributed by atoms with van der Waals surface area (Å²) < 4.78 is 0. The van der Waals surface area contributed by atoms with Gasteiger partial charge in [-0.15, -0.1) is 0 Å². The molecule has 84 valence electrons. The number of rotatable bonds is 2. The molecule has 0 saturated heterocycles. The van der Waals surface area contributed by atoms with Gasteiger partial charge in [0.15, 0.2) is 5.78 Å². The zero-order valence-electron chi connectivity index (χ0n) is 9.02. The van der Waals surface area contributed by atoms with Crippen LogP contribution in [0.5, 0.6) is 0 Å². The lowest BCUT2D eigenvalue weighted by Gasteiger charge is -2.19. The van der Waals surface area contributed by atoms with Gasteiger partial charge in [0.2, 0.25) is 0 Å². The Labute approximate surface area is 94.8 Å². The van der Waals surface area contributed by atoms with Crippen molar-refractivity contribution < 1.29 is 9.90 Å². The second-order valence-electron chi connectivity index (χ2n) is 3.94. The van der Waals surface area contributed by atoms with E-state index in [1.807, 2.05) is 30.3 Å². The number of aliphatic hydroxyl groups is 1. The van der Waals surface area contributed by atoms with Crippen LogP contribution >= 0.6 is 0 Å². The Bertz CT molecular complexity index is 398. The maximum Gasteiger partial charge on any atom is 0.162 e. The van der Waals surface area contributed by atoms with Crippen molar-refractivity contribution in [3.63, 3.8) is 0 Å². The minimum atomic E-state index is -0.613. The van der Waals surface area contributed by atoms with Crippen LogP contribution < -0.4 is 5.32 Å². The Morgan fingerprint density at radius 3 is 2.75 bits per heavy atom. The third-order valence-electron chi connectivity index (χ3n) is 2.73. The number of aliphatic hydroxyl groups excluding tert-OH is 1. The van der Waals surface area contributed by atoms with Gasteiger partial charge in [0.1, 0.15) is 0 Å². The van der Waals surface area contributed by atoms with E-state index in [1.54, 1.807) is 6.20 Å². The minimum Gasteiger partial charge on any atom is -0.388 e. The summed E-state index contributed by atoms with van der Waals surface area (Å²) in [6, 6.07) is 9.59.